The zero-order valence-electron chi connectivity index (χ0n) is 14.4. The second kappa shape index (κ2) is 5.96. The molecule has 3 aromatic heterocycles. The van der Waals surface area contributed by atoms with E-state index in [4.69, 9.17) is 9.26 Å². The molecule has 0 bridgehead atoms. The molecular weight excluding hydrogens is 322 g/mol. The Kier molecular flexibility index (Phi) is 3.76. The standard InChI is InChI=1S/C17H19N5O3/c1-9-6-12(14-11(3)21-25-16(14)20-9)17(23)22-4-5-24-8-13(22)15-18-7-10(2)19-15/h6-7,13H,4-5,8H2,1-3H3,(H,18,19)/t13-/m0/s1. The molecule has 8 nitrogen and oxygen atoms in total. The van der Waals surface area contributed by atoms with Crippen LogP contribution < -0.4 is 0 Å². The lowest BCUT2D eigenvalue weighted by atomic mass is 10.1. The second-order valence-corrected chi connectivity index (χ2v) is 6.30. The molecule has 130 valence electrons. The molecule has 4 rings (SSSR count). The second-order valence-electron chi connectivity index (χ2n) is 6.30. The number of H-pyrrole nitrogens is 1. The number of hydrogen-bond acceptors (Lipinski definition) is 6. The smallest absolute Gasteiger partial charge is 0.258 e. The zero-order chi connectivity index (χ0) is 17.6. The summed E-state index contributed by atoms with van der Waals surface area (Å²) in [5.74, 6) is 0.638. The van der Waals surface area contributed by atoms with Gasteiger partial charge in [0.2, 0.25) is 0 Å². The summed E-state index contributed by atoms with van der Waals surface area (Å²) in [4.78, 5) is 27.0. The van der Waals surface area contributed by atoms with Gasteiger partial charge in [-0.15, -0.1) is 0 Å². The van der Waals surface area contributed by atoms with E-state index < -0.39 is 0 Å². The molecule has 8 heteroatoms. The number of carbonyl (C=O) groups is 1. The molecule has 1 aliphatic heterocycles. The Labute approximate surface area is 144 Å². The van der Waals surface area contributed by atoms with Crippen molar-refractivity contribution in [3.05, 3.63) is 40.7 Å². The summed E-state index contributed by atoms with van der Waals surface area (Å²) in [7, 11) is 0. The normalized spacial score (nSPS) is 18.0. The van der Waals surface area contributed by atoms with E-state index in [1.807, 2.05) is 20.8 Å². The minimum absolute atomic E-state index is 0.0934. The van der Waals surface area contributed by atoms with Crippen molar-refractivity contribution in [2.75, 3.05) is 19.8 Å². The van der Waals surface area contributed by atoms with Crippen LogP contribution in [0.15, 0.2) is 16.8 Å². The van der Waals surface area contributed by atoms with Gasteiger partial charge in [0.05, 0.1) is 29.9 Å². The molecule has 25 heavy (non-hydrogen) atoms. The molecule has 0 unspecified atom stereocenters. The summed E-state index contributed by atoms with van der Waals surface area (Å²) in [6, 6.07) is 1.54. The van der Waals surface area contributed by atoms with Crippen LogP contribution in [0.25, 0.3) is 11.1 Å². The summed E-state index contributed by atoms with van der Waals surface area (Å²) < 4.78 is 10.8. The van der Waals surface area contributed by atoms with Gasteiger partial charge in [0.25, 0.3) is 11.6 Å². The molecule has 0 saturated carbocycles. The Hall–Kier alpha value is -2.74. The Morgan fingerprint density at radius 3 is 2.96 bits per heavy atom. The number of pyridine rings is 1. The predicted octanol–water partition coefficient (Wildman–Crippen LogP) is 2.08. The minimum atomic E-state index is -0.251. The van der Waals surface area contributed by atoms with Gasteiger partial charge >= 0.3 is 0 Å². The summed E-state index contributed by atoms with van der Waals surface area (Å²) in [6.07, 6.45) is 1.76. The van der Waals surface area contributed by atoms with Crippen molar-refractivity contribution < 1.29 is 14.1 Å². The maximum absolute atomic E-state index is 13.3. The molecule has 3 aromatic rings. The quantitative estimate of drug-likeness (QED) is 0.766. The van der Waals surface area contributed by atoms with Crippen molar-refractivity contribution in [2.45, 2.75) is 26.8 Å². The van der Waals surface area contributed by atoms with Crippen LogP contribution in [-0.4, -0.2) is 50.7 Å². The molecular formula is C17H19N5O3. The highest BCUT2D eigenvalue weighted by Crippen LogP contribution is 2.28. The van der Waals surface area contributed by atoms with Gasteiger partial charge in [-0.05, 0) is 26.8 Å². The van der Waals surface area contributed by atoms with E-state index in [-0.39, 0.29) is 11.9 Å². The number of nitrogens with zero attached hydrogens (tertiary/aromatic N) is 4. The largest absolute Gasteiger partial charge is 0.377 e. The van der Waals surface area contributed by atoms with Crippen molar-refractivity contribution in [1.29, 1.82) is 0 Å². The molecule has 0 spiro atoms. The average Bonchev–Trinajstić information content (AvgIpc) is 3.20. The van der Waals surface area contributed by atoms with Crippen molar-refractivity contribution in [3.8, 4) is 0 Å². The number of aryl methyl sites for hydroxylation is 3. The maximum Gasteiger partial charge on any atom is 0.258 e. The van der Waals surface area contributed by atoms with Crippen molar-refractivity contribution in [3.63, 3.8) is 0 Å². The van der Waals surface area contributed by atoms with Crippen LogP contribution >= 0.6 is 0 Å². The molecule has 1 fully saturated rings. The van der Waals surface area contributed by atoms with Crippen molar-refractivity contribution in [2.24, 2.45) is 0 Å². The number of nitrogens with one attached hydrogen (secondary N) is 1. The molecule has 1 N–H and O–H groups in total. The SMILES string of the molecule is Cc1cc(C(=O)N2CCOC[C@H]2c2ncc(C)[nH]2)c2c(C)noc2n1. The number of carbonyl (C=O) groups excluding carboxylic acids is 1. The fraction of sp³-hybridized carbons (Fsp3) is 0.412. The Morgan fingerprint density at radius 2 is 2.20 bits per heavy atom. The fourth-order valence-corrected chi connectivity index (χ4v) is 3.22. The van der Waals surface area contributed by atoms with Gasteiger partial charge in [0.1, 0.15) is 11.9 Å². The Balaban J connectivity index is 1.77. The topological polar surface area (TPSA) is 97.1 Å². The summed E-state index contributed by atoms with van der Waals surface area (Å²) in [5, 5.41) is 4.62. The monoisotopic (exact) mass is 341 g/mol. The first-order valence-corrected chi connectivity index (χ1v) is 8.18. The van der Waals surface area contributed by atoms with Crippen LogP contribution in [0.4, 0.5) is 0 Å². The van der Waals surface area contributed by atoms with Gasteiger partial charge in [-0.2, -0.15) is 0 Å². The number of aromatic amines is 1. The number of ether oxygens (including phenoxy) is 1. The van der Waals surface area contributed by atoms with Gasteiger partial charge in [0, 0.05) is 24.1 Å². The molecule has 0 aromatic carbocycles. The van der Waals surface area contributed by atoms with Crippen LogP contribution in [0, 0.1) is 20.8 Å². The Bertz CT molecular complexity index is 945. The van der Waals surface area contributed by atoms with Gasteiger partial charge in [-0.3, -0.25) is 4.79 Å². The minimum Gasteiger partial charge on any atom is -0.377 e. The molecule has 0 radical (unpaired) electrons. The number of amides is 1. The van der Waals surface area contributed by atoms with Crippen LogP contribution in [0.5, 0.6) is 0 Å². The number of imidazole rings is 1. The lowest BCUT2D eigenvalue weighted by molar-refractivity contribution is -0.00491. The van der Waals surface area contributed by atoms with Gasteiger partial charge in [-0.25, -0.2) is 9.97 Å². The molecule has 1 saturated heterocycles. The maximum atomic E-state index is 13.3. The number of rotatable bonds is 2. The van der Waals surface area contributed by atoms with Gasteiger partial charge < -0.3 is 19.1 Å². The lowest BCUT2D eigenvalue weighted by Crippen LogP contribution is -2.44. The summed E-state index contributed by atoms with van der Waals surface area (Å²) in [6.45, 7) is 6.98. The third kappa shape index (κ3) is 2.68. The number of fused-ring (bicyclic) bond motifs is 1. The third-order valence-electron chi connectivity index (χ3n) is 4.40. The van der Waals surface area contributed by atoms with E-state index >= 15 is 0 Å². The van der Waals surface area contributed by atoms with Gasteiger partial charge in [-0.1, -0.05) is 5.16 Å². The first kappa shape index (κ1) is 15.8. The van der Waals surface area contributed by atoms with Crippen LogP contribution in [-0.2, 0) is 4.74 Å². The van der Waals surface area contributed by atoms with Crippen LogP contribution in [0.3, 0.4) is 0 Å². The first-order valence-electron chi connectivity index (χ1n) is 8.18. The third-order valence-corrected chi connectivity index (χ3v) is 4.40. The highest BCUT2D eigenvalue weighted by atomic mass is 16.5. The highest BCUT2D eigenvalue weighted by Gasteiger charge is 2.33. The highest BCUT2D eigenvalue weighted by molar-refractivity contribution is 6.06. The molecule has 1 amide bonds. The van der Waals surface area contributed by atoms with E-state index in [9.17, 15) is 4.79 Å². The zero-order valence-corrected chi connectivity index (χ0v) is 14.4. The average molecular weight is 341 g/mol. The molecule has 4 heterocycles. The summed E-state index contributed by atoms with van der Waals surface area (Å²) >= 11 is 0. The van der Waals surface area contributed by atoms with E-state index in [1.165, 1.54) is 0 Å². The van der Waals surface area contributed by atoms with Crippen molar-refractivity contribution in [1.82, 2.24) is 25.0 Å². The van der Waals surface area contributed by atoms with Crippen LogP contribution in [0.2, 0.25) is 0 Å². The number of morpholine rings is 1. The Morgan fingerprint density at radius 1 is 1.36 bits per heavy atom. The summed E-state index contributed by atoms with van der Waals surface area (Å²) in [5.41, 5.74) is 3.26. The van der Waals surface area contributed by atoms with E-state index in [0.717, 1.165) is 11.5 Å². The molecule has 1 aliphatic rings. The number of hydrogen-bond donors (Lipinski definition) is 1. The molecule has 1 atom stereocenters. The van der Waals surface area contributed by atoms with Gasteiger partial charge in [0.15, 0.2) is 0 Å². The lowest BCUT2D eigenvalue weighted by Gasteiger charge is -2.34. The first-order chi connectivity index (χ1) is 12.0. The van der Waals surface area contributed by atoms with Crippen molar-refractivity contribution >= 4 is 17.0 Å². The predicted molar refractivity (Wildman–Crippen MR) is 89.2 cm³/mol. The van der Waals surface area contributed by atoms with E-state index in [0.29, 0.717) is 47.8 Å². The molecule has 0 aliphatic carbocycles. The van der Waals surface area contributed by atoms with E-state index in [2.05, 4.69) is 20.1 Å². The fourth-order valence-electron chi connectivity index (χ4n) is 3.22. The van der Waals surface area contributed by atoms with Crippen LogP contribution in [0.1, 0.15) is 39.3 Å². The van der Waals surface area contributed by atoms with E-state index in [1.54, 1.807) is 17.2 Å². The number of aromatic nitrogens is 4.